The normalized spacial score (nSPS) is 15.7. The molecule has 0 bridgehead atoms. The van der Waals surface area contributed by atoms with Gasteiger partial charge >= 0.3 is 0 Å². The van der Waals surface area contributed by atoms with E-state index in [0.29, 0.717) is 6.42 Å². The number of benzene rings is 2. The average molecular weight is 349 g/mol. The molecule has 2 aromatic rings. The predicted octanol–water partition coefficient (Wildman–Crippen LogP) is 3.34. The summed E-state index contributed by atoms with van der Waals surface area (Å²) in [5.41, 5.74) is 2.46. The first-order valence-electron chi connectivity index (χ1n) is 7.88. The van der Waals surface area contributed by atoms with E-state index in [2.05, 4.69) is 55.0 Å². The molecular weight excluding hydrogens is 326 g/mol. The molecular formula is C18H23NO4S. The van der Waals surface area contributed by atoms with Gasteiger partial charge in [-0.25, -0.2) is 4.58 Å². The van der Waals surface area contributed by atoms with Gasteiger partial charge in [-0.3, -0.25) is 4.55 Å². The van der Waals surface area contributed by atoms with Crippen LogP contribution in [0, 0.1) is 0 Å². The molecule has 130 valence electrons. The average Bonchev–Trinajstić information content (AvgIpc) is 2.74. The standard InChI is InChI=1S/C18H21NO3S.H2O/c1-18(2)13-19(11-5-6-12-23(20,21)22)16-10-9-14-7-3-4-8-15(14)17(16)18;/h3-4,7-10,13H,5-6,11-12H2,1-2H3;1H2. The fourth-order valence-electron chi connectivity index (χ4n) is 3.45. The van der Waals surface area contributed by atoms with E-state index in [1.807, 2.05) is 6.07 Å². The number of nitrogens with zero attached hydrogens (tertiary/aromatic N) is 1. The first-order chi connectivity index (χ1) is 10.8. The Morgan fingerprint density at radius 2 is 1.79 bits per heavy atom. The highest BCUT2D eigenvalue weighted by Gasteiger charge is 2.38. The fourth-order valence-corrected chi connectivity index (χ4v) is 4.02. The molecule has 5 nitrogen and oxygen atoms in total. The van der Waals surface area contributed by atoms with Crippen LogP contribution in [0.2, 0.25) is 0 Å². The van der Waals surface area contributed by atoms with Crippen molar-refractivity contribution in [1.82, 2.24) is 0 Å². The lowest BCUT2D eigenvalue weighted by Crippen LogP contribution is -2.17. The van der Waals surface area contributed by atoms with Crippen molar-refractivity contribution in [2.24, 2.45) is 0 Å². The van der Waals surface area contributed by atoms with E-state index < -0.39 is 10.1 Å². The van der Waals surface area contributed by atoms with Crippen molar-refractivity contribution in [2.75, 3.05) is 12.3 Å². The second-order valence-electron chi connectivity index (χ2n) is 6.72. The number of fused-ring (bicyclic) bond motifs is 3. The largest absolute Gasteiger partial charge is 0.870 e. The molecule has 2 aromatic carbocycles. The minimum atomic E-state index is -3.86. The molecule has 1 heterocycles. The van der Waals surface area contributed by atoms with Crippen molar-refractivity contribution in [1.29, 1.82) is 0 Å². The van der Waals surface area contributed by atoms with E-state index in [1.165, 1.54) is 22.0 Å². The Morgan fingerprint density at radius 3 is 2.50 bits per heavy atom. The molecule has 0 saturated heterocycles. The zero-order valence-corrected chi connectivity index (χ0v) is 14.8. The molecule has 6 heteroatoms. The van der Waals surface area contributed by atoms with Gasteiger partial charge in [0.25, 0.3) is 10.1 Å². The van der Waals surface area contributed by atoms with Crippen LogP contribution in [0.4, 0.5) is 5.69 Å². The maximum absolute atomic E-state index is 10.8. The van der Waals surface area contributed by atoms with E-state index in [-0.39, 0.29) is 16.6 Å². The van der Waals surface area contributed by atoms with Crippen LogP contribution in [0.1, 0.15) is 32.3 Å². The van der Waals surface area contributed by atoms with Crippen molar-refractivity contribution in [3.63, 3.8) is 0 Å². The zero-order chi connectivity index (χ0) is 16.7. The topological polar surface area (TPSA) is 87.4 Å². The van der Waals surface area contributed by atoms with E-state index in [9.17, 15) is 8.42 Å². The van der Waals surface area contributed by atoms with Crippen LogP contribution in [0.3, 0.4) is 0 Å². The van der Waals surface area contributed by atoms with Gasteiger partial charge < -0.3 is 5.48 Å². The molecule has 0 unspecified atom stereocenters. The maximum atomic E-state index is 10.8. The zero-order valence-electron chi connectivity index (χ0n) is 13.9. The van der Waals surface area contributed by atoms with Gasteiger partial charge in [0.05, 0.1) is 11.2 Å². The number of unbranched alkanes of at least 4 members (excludes halogenated alkanes) is 1. The summed E-state index contributed by atoms with van der Waals surface area (Å²) in [6.07, 6.45) is 3.41. The van der Waals surface area contributed by atoms with Crippen LogP contribution in [-0.4, -0.2) is 41.5 Å². The van der Waals surface area contributed by atoms with Crippen LogP contribution in [-0.2, 0) is 15.5 Å². The SMILES string of the molecule is CC1(C)C=[N+](CCCCS(=O)(=O)O)c2ccc3ccccc3c21.[OH-]. The van der Waals surface area contributed by atoms with Crippen molar-refractivity contribution < 1.29 is 23.0 Å². The highest BCUT2D eigenvalue weighted by atomic mass is 32.2. The number of hydrogen-bond acceptors (Lipinski definition) is 3. The Morgan fingerprint density at radius 1 is 1.08 bits per heavy atom. The van der Waals surface area contributed by atoms with Crippen LogP contribution < -0.4 is 0 Å². The Balaban J connectivity index is 0.00000208. The minimum Gasteiger partial charge on any atom is -0.870 e. The van der Waals surface area contributed by atoms with E-state index in [1.54, 1.807) is 0 Å². The lowest BCUT2D eigenvalue weighted by molar-refractivity contribution is -0.434. The molecule has 0 atom stereocenters. The summed E-state index contributed by atoms with van der Waals surface area (Å²) < 4.78 is 32.7. The van der Waals surface area contributed by atoms with E-state index in [0.717, 1.165) is 13.0 Å². The molecule has 0 fully saturated rings. The molecule has 0 radical (unpaired) electrons. The third-order valence-corrected chi connectivity index (χ3v) is 5.20. The van der Waals surface area contributed by atoms with Crippen molar-refractivity contribution in [2.45, 2.75) is 32.1 Å². The first kappa shape index (κ1) is 18.6. The molecule has 0 spiro atoms. The van der Waals surface area contributed by atoms with Crippen LogP contribution in [0.5, 0.6) is 0 Å². The first-order valence-corrected chi connectivity index (χ1v) is 9.49. The van der Waals surface area contributed by atoms with Crippen molar-refractivity contribution in [3.05, 3.63) is 42.0 Å². The van der Waals surface area contributed by atoms with Crippen LogP contribution in [0.25, 0.3) is 10.8 Å². The molecule has 1 aliphatic rings. The van der Waals surface area contributed by atoms with Crippen LogP contribution in [0.15, 0.2) is 36.4 Å². The van der Waals surface area contributed by atoms with E-state index >= 15 is 0 Å². The van der Waals surface area contributed by atoms with Gasteiger partial charge in [0.15, 0.2) is 6.21 Å². The van der Waals surface area contributed by atoms with Gasteiger partial charge in [-0.2, -0.15) is 8.42 Å². The summed E-state index contributed by atoms with van der Waals surface area (Å²) in [5, 5.41) is 2.51. The summed E-state index contributed by atoms with van der Waals surface area (Å²) in [5.74, 6) is -0.172. The maximum Gasteiger partial charge on any atom is 0.264 e. The summed E-state index contributed by atoms with van der Waals surface area (Å²) in [6, 6.07) is 12.7. The second-order valence-corrected chi connectivity index (χ2v) is 8.29. The van der Waals surface area contributed by atoms with Crippen molar-refractivity contribution in [3.8, 4) is 0 Å². The monoisotopic (exact) mass is 349 g/mol. The van der Waals surface area contributed by atoms with Gasteiger partial charge in [0.1, 0.15) is 6.54 Å². The lowest BCUT2D eigenvalue weighted by atomic mass is 9.84. The third kappa shape index (κ3) is 3.66. The molecule has 0 saturated carbocycles. The summed E-state index contributed by atoms with van der Waals surface area (Å²) in [6.45, 7) is 5.16. The van der Waals surface area contributed by atoms with Crippen molar-refractivity contribution >= 4 is 32.8 Å². The van der Waals surface area contributed by atoms with Gasteiger partial charge in [-0.15, -0.1) is 0 Å². The van der Waals surface area contributed by atoms with Gasteiger partial charge in [0.2, 0.25) is 5.69 Å². The predicted molar refractivity (Wildman–Crippen MR) is 95.4 cm³/mol. The summed E-state index contributed by atoms with van der Waals surface area (Å²) in [4.78, 5) is 0. The third-order valence-electron chi connectivity index (χ3n) is 4.39. The second kappa shape index (κ2) is 6.63. The Kier molecular flexibility index (Phi) is 5.13. The van der Waals surface area contributed by atoms with Crippen LogP contribution >= 0.6 is 0 Å². The molecule has 0 aromatic heterocycles. The molecule has 24 heavy (non-hydrogen) atoms. The minimum absolute atomic E-state index is 0. The van der Waals surface area contributed by atoms with Gasteiger partial charge in [-0.05, 0) is 37.1 Å². The smallest absolute Gasteiger partial charge is 0.264 e. The molecule has 0 aliphatic carbocycles. The van der Waals surface area contributed by atoms with Gasteiger partial charge in [0, 0.05) is 18.1 Å². The molecule has 3 rings (SSSR count). The Bertz CT molecular complexity index is 885. The highest BCUT2D eigenvalue weighted by molar-refractivity contribution is 7.85. The summed E-state index contributed by atoms with van der Waals surface area (Å²) in [7, 11) is -3.86. The fraction of sp³-hybridized carbons (Fsp3) is 0.389. The Labute approximate surface area is 142 Å². The summed E-state index contributed by atoms with van der Waals surface area (Å²) >= 11 is 0. The number of rotatable bonds is 5. The molecule has 2 N–H and O–H groups in total. The highest BCUT2D eigenvalue weighted by Crippen LogP contribution is 2.41. The molecule has 0 amide bonds. The van der Waals surface area contributed by atoms with Gasteiger partial charge in [-0.1, -0.05) is 24.3 Å². The number of hydrogen-bond donors (Lipinski definition) is 1. The Hall–Kier alpha value is -1.76. The quantitative estimate of drug-likeness (QED) is 0.509. The van der Waals surface area contributed by atoms with E-state index in [4.69, 9.17) is 4.55 Å². The molecule has 1 aliphatic heterocycles. The lowest BCUT2D eigenvalue weighted by Gasteiger charge is -2.14.